The zero-order valence-electron chi connectivity index (χ0n) is 27.2. The summed E-state index contributed by atoms with van der Waals surface area (Å²) in [6, 6.07) is 53.4. The van der Waals surface area contributed by atoms with Gasteiger partial charge in [0, 0.05) is 16.7 Å². The van der Waals surface area contributed by atoms with Gasteiger partial charge in [-0.15, -0.1) is 0 Å². The summed E-state index contributed by atoms with van der Waals surface area (Å²) in [5.41, 5.74) is 10.4. The van der Waals surface area contributed by atoms with Crippen LogP contribution in [0.25, 0.3) is 84.0 Å². The predicted molar refractivity (Wildman–Crippen MR) is 204 cm³/mol. The van der Waals surface area contributed by atoms with Crippen LogP contribution in [0.4, 0.5) is 0 Å². The first-order valence-electron chi connectivity index (χ1n) is 16.9. The van der Waals surface area contributed by atoms with Crippen molar-refractivity contribution in [2.45, 2.75) is 19.3 Å². The zero-order valence-corrected chi connectivity index (χ0v) is 27.2. The van der Waals surface area contributed by atoms with E-state index in [1.165, 1.54) is 43.8 Å². The Labute approximate surface area is 286 Å². The molecule has 0 spiro atoms. The molecule has 0 amide bonds. The topological polar surface area (TPSA) is 38.7 Å². The molecule has 3 heteroatoms. The summed E-state index contributed by atoms with van der Waals surface area (Å²) in [5, 5.41) is 5.34. The highest BCUT2D eigenvalue weighted by Gasteiger charge is 2.20. The minimum atomic E-state index is 0.491. The van der Waals surface area contributed by atoms with Crippen LogP contribution in [0.3, 0.4) is 0 Å². The molecule has 1 unspecified atom stereocenters. The fraction of sp³-hybridized carbons (Fsp3) is 0.0652. The molecular formula is C46H33N3. The highest BCUT2D eigenvalue weighted by Crippen LogP contribution is 2.42. The normalized spacial score (nSPS) is 13.9. The molecule has 0 bridgehead atoms. The van der Waals surface area contributed by atoms with Gasteiger partial charge in [0.05, 0.1) is 0 Å². The molecule has 1 atom stereocenters. The zero-order chi connectivity index (χ0) is 32.7. The van der Waals surface area contributed by atoms with E-state index < -0.39 is 0 Å². The number of aromatic nitrogens is 3. The summed E-state index contributed by atoms with van der Waals surface area (Å²) >= 11 is 0. The Morgan fingerprint density at radius 2 is 0.878 bits per heavy atom. The van der Waals surface area contributed by atoms with Gasteiger partial charge in [-0.3, -0.25) is 0 Å². The van der Waals surface area contributed by atoms with E-state index in [1.54, 1.807) is 0 Å². The molecular weight excluding hydrogens is 595 g/mol. The fourth-order valence-corrected chi connectivity index (χ4v) is 7.30. The third-order valence-corrected chi connectivity index (χ3v) is 9.72. The summed E-state index contributed by atoms with van der Waals surface area (Å²) in [7, 11) is 0. The number of benzene rings is 7. The minimum absolute atomic E-state index is 0.491. The number of hydrogen-bond acceptors (Lipinski definition) is 3. The lowest BCUT2D eigenvalue weighted by Gasteiger charge is -2.23. The first-order chi connectivity index (χ1) is 24.2. The van der Waals surface area contributed by atoms with Crippen LogP contribution in [0.1, 0.15) is 30.4 Å². The molecule has 0 radical (unpaired) electrons. The first-order valence-corrected chi connectivity index (χ1v) is 16.9. The maximum Gasteiger partial charge on any atom is 0.164 e. The van der Waals surface area contributed by atoms with Gasteiger partial charge in [0.1, 0.15) is 0 Å². The van der Waals surface area contributed by atoms with Crippen LogP contribution < -0.4 is 0 Å². The van der Waals surface area contributed by atoms with Crippen molar-refractivity contribution >= 4 is 27.6 Å². The van der Waals surface area contributed by atoms with E-state index in [-0.39, 0.29) is 0 Å². The van der Waals surface area contributed by atoms with Crippen LogP contribution in [0.5, 0.6) is 0 Å². The molecule has 9 rings (SSSR count). The Bertz CT molecular complexity index is 2480. The van der Waals surface area contributed by atoms with Crippen LogP contribution in [-0.4, -0.2) is 15.0 Å². The smallest absolute Gasteiger partial charge is 0.164 e. The molecule has 7 aromatic carbocycles. The van der Waals surface area contributed by atoms with Crippen LogP contribution in [0.2, 0.25) is 0 Å². The number of fused-ring (bicyclic) bond motifs is 6. The number of allylic oxidation sites excluding steroid dienone is 1. The Kier molecular flexibility index (Phi) is 7.17. The minimum Gasteiger partial charge on any atom is -0.208 e. The standard InChI is InChI=1S/C46H33N3/c1-30-13-10-24-41-42-29-36(25-26-39(42)38-22-8-9-23-40(38)43(30)41)34-19-11-18-33(27-34)35-20-12-21-37(28-35)46-48-44(31-14-4-2-5-15-31)47-45(49-46)32-16-6-3-7-17-32/h2-12,14-30H,13H2,1H3. The molecule has 1 heterocycles. The van der Waals surface area contributed by atoms with E-state index >= 15 is 0 Å². The molecule has 49 heavy (non-hydrogen) atoms. The second kappa shape index (κ2) is 12.1. The van der Waals surface area contributed by atoms with Gasteiger partial charge in [-0.1, -0.05) is 153 Å². The third kappa shape index (κ3) is 5.30. The average molecular weight is 628 g/mol. The summed E-state index contributed by atoms with van der Waals surface area (Å²) in [6.07, 6.45) is 5.75. The second-order valence-electron chi connectivity index (χ2n) is 12.9. The molecule has 1 aliphatic rings. The van der Waals surface area contributed by atoms with Crippen LogP contribution in [0.15, 0.2) is 158 Å². The van der Waals surface area contributed by atoms with E-state index in [0.717, 1.165) is 34.2 Å². The Morgan fingerprint density at radius 1 is 0.408 bits per heavy atom. The summed E-state index contributed by atoms with van der Waals surface area (Å²) in [5.74, 6) is 2.46. The fourth-order valence-electron chi connectivity index (χ4n) is 7.30. The van der Waals surface area contributed by atoms with Crippen molar-refractivity contribution in [1.29, 1.82) is 0 Å². The van der Waals surface area contributed by atoms with Crippen LogP contribution in [-0.2, 0) is 0 Å². The van der Waals surface area contributed by atoms with Crippen LogP contribution >= 0.6 is 0 Å². The lowest BCUT2D eigenvalue weighted by Crippen LogP contribution is -2.02. The molecule has 232 valence electrons. The molecule has 1 aliphatic carbocycles. The molecule has 0 N–H and O–H groups in total. The highest BCUT2D eigenvalue weighted by atomic mass is 15.0. The lowest BCUT2D eigenvalue weighted by molar-refractivity contribution is 0.781. The van der Waals surface area contributed by atoms with Crippen molar-refractivity contribution in [2.24, 2.45) is 0 Å². The molecule has 0 saturated heterocycles. The number of nitrogens with zero attached hydrogens (tertiary/aromatic N) is 3. The maximum absolute atomic E-state index is 4.96. The van der Waals surface area contributed by atoms with E-state index in [0.29, 0.717) is 23.4 Å². The van der Waals surface area contributed by atoms with E-state index in [9.17, 15) is 0 Å². The Balaban J connectivity index is 1.13. The van der Waals surface area contributed by atoms with Gasteiger partial charge in [-0.25, -0.2) is 15.0 Å². The van der Waals surface area contributed by atoms with E-state index in [4.69, 9.17) is 15.0 Å². The Morgan fingerprint density at radius 3 is 1.51 bits per heavy atom. The monoisotopic (exact) mass is 627 g/mol. The van der Waals surface area contributed by atoms with E-state index in [1.807, 2.05) is 60.7 Å². The van der Waals surface area contributed by atoms with E-state index in [2.05, 4.69) is 110 Å². The molecule has 0 fully saturated rings. The molecule has 0 saturated carbocycles. The van der Waals surface area contributed by atoms with Gasteiger partial charge in [-0.2, -0.15) is 0 Å². The third-order valence-electron chi connectivity index (χ3n) is 9.72. The molecule has 3 nitrogen and oxygen atoms in total. The van der Waals surface area contributed by atoms with Crippen molar-refractivity contribution in [3.05, 3.63) is 169 Å². The van der Waals surface area contributed by atoms with Gasteiger partial charge in [0.15, 0.2) is 17.5 Å². The summed E-state index contributed by atoms with van der Waals surface area (Å²) < 4.78 is 0. The number of rotatable bonds is 5. The summed E-state index contributed by atoms with van der Waals surface area (Å²) in [4.78, 5) is 14.8. The molecule has 1 aromatic heterocycles. The maximum atomic E-state index is 4.96. The predicted octanol–water partition coefficient (Wildman–Crippen LogP) is 12.0. The second-order valence-corrected chi connectivity index (χ2v) is 12.9. The van der Waals surface area contributed by atoms with Gasteiger partial charge >= 0.3 is 0 Å². The highest BCUT2D eigenvalue weighted by molar-refractivity contribution is 6.14. The van der Waals surface area contributed by atoms with Gasteiger partial charge in [0.25, 0.3) is 0 Å². The SMILES string of the molecule is CC1CC=Cc2c1c1ccccc1c1ccc(-c3cccc(-c4cccc(-c5nc(-c6ccccc6)nc(-c6ccccc6)n5)c4)c3)cc21. The quantitative estimate of drug-likeness (QED) is 0.178. The van der Waals surface area contributed by atoms with Crippen molar-refractivity contribution in [1.82, 2.24) is 15.0 Å². The van der Waals surface area contributed by atoms with Crippen molar-refractivity contribution < 1.29 is 0 Å². The van der Waals surface area contributed by atoms with Gasteiger partial charge in [-0.05, 0) is 85.5 Å². The molecule has 8 aromatic rings. The largest absolute Gasteiger partial charge is 0.208 e. The van der Waals surface area contributed by atoms with Crippen LogP contribution in [0, 0.1) is 0 Å². The Hall–Kier alpha value is -6.19. The van der Waals surface area contributed by atoms with Gasteiger partial charge < -0.3 is 0 Å². The van der Waals surface area contributed by atoms with Gasteiger partial charge in [0.2, 0.25) is 0 Å². The first kappa shape index (κ1) is 29.0. The molecule has 0 aliphatic heterocycles. The lowest BCUT2D eigenvalue weighted by atomic mass is 9.81. The average Bonchev–Trinajstić information content (AvgIpc) is 3.18. The van der Waals surface area contributed by atoms with Crippen molar-refractivity contribution in [3.8, 4) is 56.4 Å². The van der Waals surface area contributed by atoms with Crippen molar-refractivity contribution in [3.63, 3.8) is 0 Å². The van der Waals surface area contributed by atoms with Crippen molar-refractivity contribution in [2.75, 3.05) is 0 Å². The summed E-state index contributed by atoms with van der Waals surface area (Å²) in [6.45, 7) is 2.35. The number of hydrogen-bond donors (Lipinski definition) is 0.